The van der Waals surface area contributed by atoms with Gasteiger partial charge in [0.05, 0.1) is 11.3 Å². The van der Waals surface area contributed by atoms with Crippen molar-refractivity contribution in [2.45, 2.75) is 51.0 Å². The predicted octanol–water partition coefficient (Wildman–Crippen LogP) is 1.20. The molecule has 18 heavy (non-hydrogen) atoms. The normalized spacial score (nSPS) is 33.3. The van der Waals surface area contributed by atoms with Crippen LogP contribution in [0.2, 0.25) is 0 Å². The van der Waals surface area contributed by atoms with Crippen molar-refractivity contribution in [1.82, 2.24) is 4.72 Å². The van der Waals surface area contributed by atoms with Crippen LogP contribution in [0, 0.1) is 17.2 Å². The second kappa shape index (κ2) is 4.81. The maximum absolute atomic E-state index is 12.1. The molecule has 2 saturated carbocycles. The average Bonchev–Trinajstić information content (AvgIpc) is 3.04. The van der Waals surface area contributed by atoms with Crippen LogP contribution in [0.4, 0.5) is 0 Å². The Kier molecular flexibility index (Phi) is 3.69. The second-order valence-corrected chi connectivity index (χ2v) is 7.77. The molecular formula is C12H23N3O2S. The Morgan fingerprint density at radius 3 is 2.33 bits per heavy atom. The van der Waals surface area contributed by atoms with E-state index in [0.717, 1.165) is 25.7 Å². The molecule has 0 bridgehead atoms. The van der Waals surface area contributed by atoms with Gasteiger partial charge in [-0.05, 0) is 50.4 Å². The summed E-state index contributed by atoms with van der Waals surface area (Å²) >= 11 is 0. The minimum atomic E-state index is -3.31. The lowest BCUT2D eigenvalue weighted by molar-refractivity contribution is 0.285. The van der Waals surface area contributed by atoms with Gasteiger partial charge in [-0.15, -0.1) is 0 Å². The Morgan fingerprint density at radius 2 is 1.89 bits per heavy atom. The van der Waals surface area contributed by atoms with E-state index in [1.807, 2.05) is 0 Å². The molecule has 0 spiro atoms. The summed E-state index contributed by atoms with van der Waals surface area (Å²) in [5.41, 5.74) is 4.84. The number of sulfonamides is 1. The Labute approximate surface area is 109 Å². The van der Waals surface area contributed by atoms with Gasteiger partial charge in [0, 0.05) is 0 Å². The number of rotatable bonds is 5. The lowest BCUT2D eigenvalue weighted by Crippen LogP contribution is -2.59. The smallest absolute Gasteiger partial charge is 0.212 e. The van der Waals surface area contributed by atoms with Crippen LogP contribution in [0.1, 0.15) is 45.4 Å². The molecule has 0 aliphatic heterocycles. The first-order valence-corrected chi connectivity index (χ1v) is 8.34. The predicted molar refractivity (Wildman–Crippen MR) is 71.9 cm³/mol. The third-order valence-electron chi connectivity index (χ3n) is 4.15. The number of amidine groups is 1. The van der Waals surface area contributed by atoms with E-state index in [9.17, 15) is 8.42 Å². The van der Waals surface area contributed by atoms with Gasteiger partial charge >= 0.3 is 0 Å². The molecule has 0 aromatic carbocycles. The fraction of sp³-hybridized carbons (Fsp3) is 0.917. The van der Waals surface area contributed by atoms with E-state index in [2.05, 4.69) is 11.6 Å². The zero-order valence-corrected chi connectivity index (χ0v) is 11.7. The Hall–Kier alpha value is -0.620. The molecule has 0 heterocycles. The van der Waals surface area contributed by atoms with E-state index in [-0.39, 0.29) is 11.6 Å². The number of hydrogen-bond donors (Lipinski definition) is 3. The second-order valence-electron chi connectivity index (χ2n) is 6.01. The number of nitrogens with one attached hydrogen (secondary N) is 2. The highest BCUT2D eigenvalue weighted by molar-refractivity contribution is 7.89. The van der Waals surface area contributed by atoms with Crippen LogP contribution in [0.3, 0.4) is 0 Å². The van der Waals surface area contributed by atoms with E-state index in [0.29, 0.717) is 24.7 Å². The molecule has 0 saturated heterocycles. The van der Waals surface area contributed by atoms with Crippen molar-refractivity contribution < 1.29 is 8.42 Å². The standard InChI is InChI=1S/C12H23N3O2S/c1-9-4-6-12(7-5-9,11(13)14)15-18(16,17)8-10-2-3-10/h9-10,15H,2-8H2,1H3,(H3,13,14). The monoisotopic (exact) mass is 273 g/mol. The van der Waals surface area contributed by atoms with Gasteiger partial charge in [0.1, 0.15) is 5.84 Å². The van der Waals surface area contributed by atoms with Crippen LogP contribution >= 0.6 is 0 Å². The first-order valence-electron chi connectivity index (χ1n) is 6.69. The first-order chi connectivity index (χ1) is 8.33. The van der Waals surface area contributed by atoms with Crippen molar-refractivity contribution in [2.24, 2.45) is 17.6 Å². The maximum atomic E-state index is 12.1. The molecule has 5 nitrogen and oxygen atoms in total. The molecule has 0 aromatic heterocycles. The van der Waals surface area contributed by atoms with Gasteiger partial charge in [-0.25, -0.2) is 13.1 Å². The summed E-state index contributed by atoms with van der Waals surface area (Å²) in [4.78, 5) is 0. The summed E-state index contributed by atoms with van der Waals surface area (Å²) in [7, 11) is -3.31. The van der Waals surface area contributed by atoms with Crippen molar-refractivity contribution in [3.63, 3.8) is 0 Å². The van der Waals surface area contributed by atoms with Gasteiger partial charge in [0.15, 0.2) is 0 Å². The Morgan fingerprint density at radius 1 is 1.33 bits per heavy atom. The minimum absolute atomic E-state index is 0.0335. The van der Waals surface area contributed by atoms with Gasteiger partial charge in [-0.1, -0.05) is 6.92 Å². The molecule has 4 N–H and O–H groups in total. The molecular weight excluding hydrogens is 250 g/mol. The topological polar surface area (TPSA) is 96.0 Å². The SMILES string of the molecule is CC1CCC(NS(=O)(=O)CC2CC2)(C(=N)N)CC1. The van der Waals surface area contributed by atoms with E-state index < -0.39 is 15.6 Å². The fourth-order valence-corrected chi connectivity index (χ4v) is 4.56. The van der Waals surface area contributed by atoms with Gasteiger partial charge < -0.3 is 5.73 Å². The summed E-state index contributed by atoms with van der Waals surface area (Å²) in [5.74, 6) is 1.06. The molecule has 2 fully saturated rings. The zero-order chi connectivity index (χ0) is 13.4. The van der Waals surface area contributed by atoms with Crippen molar-refractivity contribution >= 4 is 15.9 Å². The molecule has 2 aliphatic rings. The van der Waals surface area contributed by atoms with Gasteiger partial charge in [0.2, 0.25) is 10.0 Å². The van der Waals surface area contributed by atoms with Gasteiger partial charge in [-0.3, -0.25) is 5.41 Å². The quantitative estimate of drug-likeness (QED) is 0.519. The van der Waals surface area contributed by atoms with Crippen LogP contribution < -0.4 is 10.5 Å². The van der Waals surface area contributed by atoms with E-state index in [1.54, 1.807) is 0 Å². The highest BCUT2D eigenvalue weighted by atomic mass is 32.2. The first kappa shape index (κ1) is 13.8. The largest absolute Gasteiger partial charge is 0.386 e. The molecule has 2 aliphatic carbocycles. The summed E-state index contributed by atoms with van der Waals surface area (Å²) < 4.78 is 26.9. The highest BCUT2D eigenvalue weighted by Crippen LogP contribution is 2.34. The molecule has 0 radical (unpaired) electrons. The van der Waals surface area contributed by atoms with Crippen molar-refractivity contribution in [3.8, 4) is 0 Å². The van der Waals surface area contributed by atoms with Crippen molar-refractivity contribution in [3.05, 3.63) is 0 Å². The van der Waals surface area contributed by atoms with Crippen LogP contribution in [0.5, 0.6) is 0 Å². The lowest BCUT2D eigenvalue weighted by Gasteiger charge is -2.38. The van der Waals surface area contributed by atoms with Crippen LogP contribution in [0.15, 0.2) is 0 Å². The summed E-state index contributed by atoms with van der Waals surface area (Å²) in [6.45, 7) is 2.16. The van der Waals surface area contributed by atoms with E-state index >= 15 is 0 Å². The highest BCUT2D eigenvalue weighted by Gasteiger charge is 2.41. The fourth-order valence-electron chi connectivity index (χ4n) is 2.62. The number of hydrogen-bond acceptors (Lipinski definition) is 3. The summed E-state index contributed by atoms with van der Waals surface area (Å²) in [5, 5.41) is 7.73. The molecule has 6 heteroatoms. The van der Waals surface area contributed by atoms with Gasteiger partial charge in [0.25, 0.3) is 0 Å². The average molecular weight is 273 g/mol. The third-order valence-corrected chi connectivity index (χ3v) is 5.76. The van der Waals surface area contributed by atoms with Crippen LogP contribution in [-0.2, 0) is 10.0 Å². The molecule has 0 amide bonds. The van der Waals surface area contributed by atoms with Crippen molar-refractivity contribution in [2.75, 3.05) is 5.75 Å². The molecule has 0 unspecified atom stereocenters. The van der Waals surface area contributed by atoms with E-state index in [1.165, 1.54) is 0 Å². The maximum Gasteiger partial charge on any atom is 0.212 e. The van der Waals surface area contributed by atoms with Crippen LogP contribution in [0.25, 0.3) is 0 Å². The van der Waals surface area contributed by atoms with Crippen molar-refractivity contribution in [1.29, 1.82) is 5.41 Å². The molecule has 0 atom stereocenters. The molecule has 0 aromatic rings. The Balaban J connectivity index is 2.08. The molecule has 104 valence electrons. The van der Waals surface area contributed by atoms with Crippen LogP contribution in [-0.4, -0.2) is 25.5 Å². The van der Waals surface area contributed by atoms with E-state index in [4.69, 9.17) is 11.1 Å². The molecule has 2 rings (SSSR count). The zero-order valence-electron chi connectivity index (χ0n) is 10.9. The van der Waals surface area contributed by atoms with Gasteiger partial charge in [-0.2, -0.15) is 0 Å². The number of nitrogens with two attached hydrogens (primary N) is 1. The summed E-state index contributed by atoms with van der Waals surface area (Å²) in [6, 6.07) is 0. The lowest BCUT2D eigenvalue weighted by atomic mass is 9.77. The summed E-state index contributed by atoms with van der Waals surface area (Å²) in [6.07, 6.45) is 5.15. The minimum Gasteiger partial charge on any atom is -0.386 e. The third kappa shape index (κ3) is 3.23. The Bertz CT molecular complexity index is 421.